The maximum absolute atomic E-state index is 12.8. The minimum atomic E-state index is -5.12. The smallest absolute Gasteiger partial charge is 0.462 e. The molecule has 1 aliphatic rings. The molecular formula is C43H75O13P. The molecule has 0 heterocycles. The van der Waals surface area contributed by atoms with E-state index in [0.717, 1.165) is 57.8 Å². The van der Waals surface area contributed by atoms with Crippen LogP contribution in [0.3, 0.4) is 0 Å². The number of hydrogen-bond acceptors (Lipinski definition) is 12. The lowest BCUT2D eigenvalue weighted by Crippen LogP contribution is -2.64. The van der Waals surface area contributed by atoms with Crippen LogP contribution in [0.2, 0.25) is 0 Å². The zero-order valence-electron chi connectivity index (χ0n) is 34.6. The van der Waals surface area contributed by atoms with Gasteiger partial charge in [0, 0.05) is 12.8 Å². The van der Waals surface area contributed by atoms with Crippen molar-refractivity contribution in [3.63, 3.8) is 0 Å². The Bertz CT molecular complexity index is 1190. The van der Waals surface area contributed by atoms with Crippen LogP contribution in [0, 0.1) is 0 Å². The Morgan fingerprint density at radius 3 is 1.53 bits per heavy atom. The van der Waals surface area contributed by atoms with Crippen molar-refractivity contribution in [1.29, 1.82) is 0 Å². The van der Waals surface area contributed by atoms with Crippen molar-refractivity contribution in [1.82, 2.24) is 0 Å². The molecule has 6 unspecified atom stereocenters. The van der Waals surface area contributed by atoms with Gasteiger partial charge in [0.1, 0.15) is 43.2 Å². The van der Waals surface area contributed by atoms with E-state index in [2.05, 4.69) is 26.0 Å². The number of hydrogen-bond donors (Lipinski definition) is 6. The zero-order chi connectivity index (χ0) is 42.2. The number of unbranched alkanes of at least 4 members (excludes halogenated alkanes) is 17. The van der Waals surface area contributed by atoms with Crippen LogP contribution < -0.4 is 0 Å². The molecule has 0 saturated heterocycles. The molecule has 1 rings (SSSR count). The highest BCUT2D eigenvalue weighted by atomic mass is 31.2. The summed E-state index contributed by atoms with van der Waals surface area (Å²) in [5, 5.41) is 50.0. The van der Waals surface area contributed by atoms with Gasteiger partial charge in [-0.1, -0.05) is 159 Å². The van der Waals surface area contributed by atoms with Crippen molar-refractivity contribution in [3.8, 4) is 0 Å². The molecule has 1 saturated carbocycles. The van der Waals surface area contributed by atoms with E-state index in [4.69, 9.17) is 18.5 Å². The molecule has 0 aromatic carbocycles. The number of carbonyl (C=O) groups excluding carboxylic acids is 2. The molecule has 0 bridgehead atoms. The third kappa shape index (κ3) is 26.5. The summed E-state index contributed by atoms with van der Waals surface area (Å²) in [4.78, 5) is 35.6. The number of phosphoric acid groups is 1. The van der Waals surface area contributed by atoms with Crippen LogP contribution in [-0.4, -0.2) is 98.3 Å². The van der Waals surface area contributed by atoms with Crippen molar-refractivity contribution < 1.29 is 63.1 Å². The number of aliphatic hydroxyl groups excluding tert-OH is 5. The molecule has 1 aliphatic carbocycles. The number of carbonyl (C=O) groups is 2. The van der Waals surface area contributed by atoms with Gasteiger partial charge in [-0.15, -0.1) is 0 Å². The van der Waals surface area contributed by atoms with E-state index in [1.165, 1.54) is 57.8 Å². The number of rotatable bonds is 34. The van der Waals surface area contributed by atoms with Crippen molar-refractivity contribution in [2.45, 2.75) is 198 Å². The van der Waals surface area contributed by atoms with Gasteiger partial charge in [-0.05, 0) is 32.1 Å². The molecule has 6 N–H and O–H groups in total. The van der Waals surface area contributed by atoms with Gasteiger partial charge in [-0.2, -0.15) is 0 Å². The van der Waals surface area contributed by atoms with Crippen molar-refractivity contribution in [2.75, 3.05) is 13.2 Å². The van der Waals surface area contributed by atoms with Crippen molar-refractivity contribution >= 4 is 19.8 Å². The van der Waals surface area contributed by atoms with Crippen molar-refractivity contribution in [3.05, 3.63) is 48.6 Å². The Kier molecular flexibility index (Phi) is 31.2. The van der Waals surface area contributed by atoms with Crippen LogP contribution in [0.5, 0.6) is 0 Å². The van der Waals surface area contributed by atoms with Gasteiger partial charge < -0.3 is 39.9 Å². The molecule has 1 fully saturated rings. The molecule has 0 aromatic heterocycles. The van der Waals surface area contributed by atoms with Crippen LogP contribution >= 0.6 is 7.82 Å². The summed E-state index contributed by atoms with van der Waals surface area (Å²) >= 11 is 0. The Hall–Kier alpha value is -2.19. The van der Waals surface area contributed by atoms with E-state index in [9.17, 15) is 44.6 Å². The van der Waals surface area contributed by atoms with Gasteiger partial charge >= 0.3 is 19.8 Å². The van der Waals surface area contributed by atoms with E-state index in [0.29, 0.717) is 12.8 Å². The molecule has 8 atom stereocenters. The lowest BCUT2D eigenvalue weighted by molar-refractivity contribution is -0.220. The first-order valence-corrected chi connectivity index (χ1v) is 23.0. The number of aliphatic hydroxyl groups is 5. The molecule has 0 spiro atoms. The zero-order valence-corrected chi connectivity index (χ0v) is 35.5. The number of allylic oxidation sites excluding steroid dienone is 8. The molecular weight excluding hydrogens is 755 g/mol. The lowest BCUT2D eigenvalue weighted by atomic mass is 9.85. The van der Waals surface area contributed by atoms with Crippen LogP contribution in [0.25, 0.3) is 0 Å². The minimum Gasteiger partial charge on any atom is -0.462 e. The highest BCUT2D eigenvalue weighted by Gasteiger charge is 2.51. The van der Waals surface area contributed by atoms with Gasteiger partial charge in [-0.25, -0.2) is 4.57 Å². The van der Waals surface area contributed by atoms with Crippen LogP contribution in [0.1, 0.15) is 155 Å². The van der Waals surface area contributed by atoms with E-state index in [1.807, 2.05) is 36.5 Å². The van der Waals surface area contributed by atoms with Crippen LogP contribution in [-0.2, 0) is 32.7 Å². The third-order valence-corrected chi connectivity index (χ3v) is 10.8. The molecule has 330 valence electrons. The summed E-state index contributed by atoms with van der Waals surface area (Å²) in [6, 6.07) is 0. The molecule has 0 aliphatic heterocycles. The van der Waals surface area contributed by atoms with Gasteiger partial charge in [0.25, 0.3) is 0 Å². The first-order valence-electron chi connectivity index (χ1n) is 21.5. The largest absolute Gasteiger partial charge is 0.472 e. The Labute approximate surface area is 341 Å². The SMILES string of the molecule is CC/C=C/C=C/C=C/C=C/CCCCCCCC(=O)O[C@H](COC(=O)CCCCCCCCCCCCCCC)COP(=O)(O)OC1C(O)C(O)C(O)[C@@H](O)C1O. The second-order valence-electron chi connectivity index (χ2n) is 14.9. The second kappa shape index (κ2) is 33.6. The quantitative estimate of drug-likeness (QED) is 0.0160. The van der Waals surface area contributed by atoms with Gasteiger partial charge in [0.2, 0.25) is 0 Å². The minimum absolute atomic E-state index is 0.0704. The number of ether oxygens (including phenoxy) is 2. The van der Waals surface area contributed by atoms with E-state index >= 15 is 0 Å². The lowest BCUT2D eigenvalue weighted by Gasteiger charge is -2.41. The summed E-state index contributed by atoms with van der Waals surface area (Å²) in [6.45, 7) is 3.12. The van der Waals surface area contributed by atoms with Crippen molar-refractivity contribution in [2.24, 2.45) is 0 Å². The summed E-state index contributed by atoms with van der Waals surface area (Å²) in [5.41, 5.74) is 0. The fraction of sp³-hybridized carbons (Fsp3) is 0.767. The van der Waals surface area contributed by atoms with E-state index < -0.39 is 75.7 Å². The van der Waals surface area contributed by atoms with E-state index in [-0.39, 0.29) is 12.8 Å². The summed E-state index contributed by atoms with van der Waals surface area (Å²) in [6.07, 6.45) is 24.6. The molecule has 13 nitrogen and oxygen atoms in total. The molecule has 0 aromatic rings. The van der Waals surface area contributed by atoms with Crippen LogP contribution in [0.4, 0.5) is 0 Å². The first-order chi connectivity index (χ1) is 27.4. The Balaban J connectivity index is 2.52. The molecule has 14 heteroatoms. The van der Waals surface area contributed by atoms with E-state index in [1.54, 1.807) is 0 Å². The topological polar surface area (TPSA) is 210 Å². The highest BCUT2D eigenvalue weighted by Crippen LogP contribution is 2.47. The molecule has 0 amide bonds. The summed E-state index contributed by atoms with van der Waals surface area (Å²) < 4.78 is 33.4. The number of phosphoric ester groups is 1. The van der Waals surface area contributed by atoms with Gasteiger partial charge in [-0.3, -0.25) is 18.6 Å². The summed E-state index contributed by atoms with van der Waals surface area (Å²) in [7, 11) is -5.12. The maximum Gasteiger partial charge on any atom is 0.472 e. The van der Waals surface area contributed by atoms with Crippen LogP contribution in [0.15, 0.2) is 48.6 Å². The van der Waals surface area contributed by atoms with Gasteiger partial charge in [0.15, 0.2) is 6.10 Å². The normalized spacial score (nSPS) is 23.2. The first kappa shape index (κ1) is 52.8. The number of esters is 2. The fourth-order valence-electron chi connectivity index (χ4n) is 6.30. The van der Waals surface area contributed by atoms with Gasteiger partial charge in [0.05, 0.1) is 6.61 Å². The second-order valence-corrected chi connectivity index (χ2v) is 16.3. The maximum atomic E-state index is 12.8. The monoisotopic (exact) mass is 830 g/mol. The molecule has 57 heavy (non-hydrogen) atoms. The average Bonchev–Trinajstić information content (AvgIpc) is 3.19. The summed E-state index contributed by atoms with van der Waals surface area (Å²) in [5.74, 6) is -1.13. The standard InChI is InChI=1S/C43H75O13P/c1-3-5-7-9-11-13-15-17-18-20-22-24-26-28-30-32-37(45)55-35(34-54-57(51,52)56-43-41(49)39(47)38(46)40(48)42(43)50)33-53-36(44)31-29-27-25-23-21-19-16-14-12-10-8-6-4-2/h5,7,9,11,13,15,17-18,35,38-43,46-50H,3-4,6,8,10,12,14,16,19-34H2,1-2H3,(H,51,52)/b7-5+,11-9+,15-13+,18-17+/t35-,38?,39-,40?,41?,42?,43?/m1/s1. The average molecular weight is 831 g/mol. The fourth-order valence-corrected chi connectivity index (χ4v) is 7.27. The predicted molar refractivity (Wildman–Crippen MR) is 221 cm³/mol. The third-order valence-electron chi connectivity index (χ3n) is 9.78. The molecule has 0 radical (unpaired) electrons. The Morgan fingerprint density at radius 2 is 1.00 bits per heavy atom. The Morgan fingerprint density at radius 1 is 0.561 bits per heavy atom. The predicted octanol–water partition coefficient (Wildman–Crippen LogP) is 7.61. The highest BCUT2D eigenvalue weighted by molar-refractivity contribution is 7.47.